The van der Waals surface area contributed by atoms with Gasteiger partial charge in [0.1, 0.15) is 5.60 Å². The van der Waals surface area contributed by atoms with Crippen molar-refractivity contribution in [1.82, 2.24) is 4.90 Å². The van der Waals surface area contributed by atoms with E-state index in [4.69, 9.17) is 9.47 Å². The number of hydrogen-bond donors (Lipinski definition) is 0. The van der Waals surface area contributed by atoms with E-state index in [0.717, 1.165) is 5.56 Å². The second kappa shape index (κ2) is 6.31. The van der Waals surface area contributed by atoms with Gasteiger partial charge in [-0.1, -0.05) is 36.4 Å². The molecule has 1 aromatic carbocycles. The quantitative estimate of drug-likeness (QED) is 0.775. The highest BCUT2D eigenvalue weighted by Gasteiger charge is 2.39. The highest BCUT2D eigenvalue weighted by atomic mass is 16.6. The van der Waals surface area contributed by atoms with Crippen molar-refractivity contribution in [3.63, 3.8) is 0 Å². The molecular weight excluding hydrogens is 266 g/mol. The predicted molar refractivity (Wildman–Crippen MR) is 81.8 cm³/mol. The summed E-state index contributed by atoms with van der Waals surface area (Å²) in [4.78, 5) is 14.2. The summed E-state index contributed by atoms with van der Waals surface area (Å²) in [7, 11) is 0. The van der Waals surface area contributed by atoms with Crippen LogP contribution in [0.1, 0.15) is 39.3 Å². The van der Waals surface area contributed by atoms with Gasteiger partial charge in [-0.2, -0.15) is 0 Å². The first kappa shape index (κ1) is 15.6. The van der Waals surface area contributed by atoms with Crippen LogP contribution in [0.25, 0.3) is 0 Å². The normalized spacial score (nSPS) is 22.8. The van der Waals surface area contributed by atoms with Crippen molar-refractivity contribution in [2.24, 2.45) is 0 Å². The largest absolute Gasteiger partial charge is 0.444 e. The van der Waals surface area contributed by atoms with Gasteiger partial charge >= 0.3 is 6.09 Å². The lowest BCUT2D eigenvalue weighted by Gasteiger charge is -2.30. The molecule has 0 spiro atoms. The number of hydrogen-bond acceptors (Lipinski definition) is 3. The van der Waals surface area contributed by atoms with E-state index in [9.17, 15) is 4.79 Å². The highest BCUT2D eigenvalue weighted by Crippen LogP contribution is 2.32. The Morgan fingerprint density at radius 2 is 2.00 bits per heavy atom. The van der Waals surface area contributed by atoms with Crippen LogP contribution in [0.2, 0.25) is 0 Å². The van der Waals surface area contributed by atoms with Crippen molar-refractivity contribution in [3.05, 3.63) is 48.0 Å². The molecule has 0 N–H and O–H groups in total. The number of amides is 1. The van der Waals surface area contributed by atoms with Crippen LogP contribution in [-0.4, -0.2) is 29.4 Å². The van der Waals surface area contributed by atoms with Gasteiger partial charge < -0.3 is 9.47 Å². The number of nitrogens with zero attached hydrogens (tertiary/aromatic N) is 1. The predicted octanol–water partition coefficient (Wildman–Crippen LogP) is 3.90. The molecule has 114 valence electrons. The molecule has 1 aliphatic heterocycles. The summed E-state index contributed by atoms with van der Waals surface area (Å²) in [6.45, 7) is 7.97. The van der Waals surface area contributed by atoms with E-state index < -0.39 is 5.60 Å². The molecule has 0 radical (unpaired) electrons. The summed E-state index contributed by atoms with van der Waals surface area (Å²) in [5.74, 6) is 0. The van der Waals surface area contributed by atoms with Crippen LogP contribution in [0, 0.1) is 0 Å². The van der Waals surface area contributed by atoms with Gasteiger partial charge in [-0.25, -0.2) is 4.79 Å². The van der Waals surface area contributed by atoms with Gasteiger partial charge in [-0.15, -0.1) is 0 Å². The molecule has 0 bridgehead atoms. The Morgan fingerprint density at radius 1 is 1.33 bits per heavy atom. The Bertz CT molecular complexity index is 505. The van der Waals surface area contributed by atoms with Crippen LogP contribution in [0.4, 0.5) is 4.79 Å². The zero-order chi connectivity index (χ0) is 15.5. The minimum absolute atomic E-state index is 0.123. The Labute approximate surface area is 126 Å². The van der Waals surface area contributed by atoms with Gasteiger partial charge in [0.15, 0.2) is 6.23 Å². The standard InChI is InChI=1S/C17H23NO3/c1-5-9-15-18(16(19)21-17(2,3)4)14(12-20-15)13-10-7-6-8-11-13/h5-11,14-15H,12H2,1-4H3/b9-5+/t14-,15+/m0/s1. The van der Waals surface area contributed by atoms with Gasteiger partial charge in [-0.05, 0) is 39.3 Å². The Hall–Kier alpha value is -1.81. The van der Waals surface area contributed by atoms with Crippen LogP contribution in [0.15, 0.2) is 42.5 Å². The highest BCUT2D eigenvalue weighted by molar-refractivity contribution is 5.70. The number of allylic oxidation sites excluding steroid dienone is 1. The second-order valence-electron chi connectivity index (χ2n) is 6.06. The molecule has 0 saturated carbocycles. The van der Waals surface area contributed by atoms with Crippen LogP contribution in [0.3, 0.4) is 0 Å². The Kier molecular flexibility index (Phi) is 4.68. The van der Waals surface area contributed by atoms with Crippen LogP contribution < -0.4 is 0 Å². The molecule has 1 aliphatic rings. The van der Waals surface area contributed by atoms with Crippen molar-refractivity contribution in [3.8, 4) is 0 Å². The van der Waals surface area contributed by atoms with Crippen LogP contribution >= 0.6 is 0 Å². The summed E-state index contributed by atoms with van der Waals surface area (Å²) in [5, 5.41) is 0. The zero-order valence-electron chi connectivity index (χ0n) is 13.1. The van der Waals surface area contributed by atoms with Gasteiger partial charge in [0.25, 0.3) is 0 Å². The number of rotatable bonds is 2. The van der Waals surface area contributed by atoms with Crippen LogP contribution in [-0.2, 0) is 9.47 Å². The average Bonchev–Trinajstić information content (AvgIpc) is 2.82. The van der Waals surface area contributed by atoms with E-state index in [1.807, 2.05) is 70.2 Å². The first-order chi connectivity index (χ1) is 9.92. The Balaban J connectivity index is 2.26. The summed E-state index contributed by atoms with van der Waals surface area (Å²) in [6, 6.07) is 9.77. The van der Waals surface area contributed by atoms with Crippen molar-refractivity contribution in [2.45, 2.75) is 45.6 Å². The van der Waals surface area contributed by atoms with Crippen molar-refractivity contribution < 1.29 is 14.3 Å². The second-order valence-corrected chi connectivity index (χ2v) is 6.06. The van der Waals surface area contributed by atoms with Crippen molar-refractivity contribution >= 4 is 6.09 Å². The summed E-state index contributed by atoms with van der Waals surface area (Å²) < 4.78 is 11.3. The molecule has 0 aliphatic carbocycles. The first-order valence-corrected chi connectivity index (χ1v) is 7.23. The lowest BCUT2D eigenvalue weighted by molar-refractivity contribution is 0.000919. The lowest BCUT2D eigenvalue weighted by Crippen LogP contribution is -2.41. The maximum atomic E-state index is 12.5. The van der Waals surface area contributed by atoms with Crippen molar-refractivity contribution in [2.75, 3.05) is 6.61 Å². The zero-order valence-corrected chi connectivity index (χ0v) is 13.1. The molecule has 1 heterocycles. The first-order valence-electron chi connectivity index (χ1n) is 7.23. The van der Waals surface area contributed by atoms with E-state index in [-0.39, 0.29) is 18.4 Å². The number of carbonyl (C=O) groups excluding carboxylic acids is 1. The van der Waals surface area contributed by atoms with Crippen molar-refractivity contribution in [1.29, 1.82) is 0 Å². The van der Waals surface area contributed by atoms with E-state index in [2.05, 4.69) is 0 Å². The fraction of sp³-hybridized carbons (Fsp3) is 0.471. The van der Waals surface area contributed by atoms with Gasteiger partial charge in [-0.3, -0.25) is 4.90 Å². The fourth-order valence-corrected chi connectivity index (χ4v) is 2.32. The van der Waals surface area contributed by atoms with Crippen LogP contribution in [0.5, 0.6) is 0 Å². The lowest BCUT2D eigenvalue weighted by atomic mass is 10.1. The molecule has 1 amide bonds. The van der Waals surface area contributed by atoms with E-state index in [0.29, 0.717) is 6.61 Å². The smallest absolute Gasteiger partial charge is 0.413 e. The minimum Gasteiger partial charge on any atom is -0.444 e. The number of carbonyl (C=O) groups is 1. The summed E-state index contributed by atoms with van der Waals surface area (Å²) >= 11 is 0. The van der Waals surface area contributed by atoms with E-state index in [1.54, 1.807) is 4.90 Å². The fourth-order valence-electron chi connectivity index (χ4n) is 2.32. The van der Waals surface area contributed by atoms with Gasteiger partial charge in [0.05, 0.1) is 12.6 Å². The maximum absolute atomic E-state index is 12.5. The van der Waals surface area contributed by atoms with E-state index in [1.165, 1.54) is 0 Å². The maximum Gasteiger partial charge on any atom is 0.413 e. The summed E-state index contributed by atoms with van der Waals surface area (Å²) in [6.07, 6.45) is 3.02. The third-order valence-corrected chi connectivity index (χ3v) is 3.18. The van der Waals surface area contributed by atoms with E-state index >= 15 is 0 Å². The third kappa shape index (κ3) is 3.85. The monoisotopic (exact) mass is 289 g/mol. The SMILES string of the molecule is C/C=C/[C@H]1OC[C@@H](c2ccccc2)N1C(=O)OC(C)(C)C. The molecular formula is C17H23NO3. The molecule has 2 atom stereocenters. The Morgan fingerprint density at radius 3 is 2.57 bits per heavy atom. The molecule has 2 rings (SSSR count). The molecule has 0 unspecified atom stereocenters. The molecule has 1 aromatic rings. The van der Waals surface area contributed by atoms with Gasteiger partial charge in [0, 0.05) is 0 Å². The molecule has 4 heteroatoms. The van der Waals surface area contributed by atoms with Gasteiger partial charge in [0.2, 0.25) is 0 Å². The molecule has 21 heavy (non-hydrogen) atoms. The minimum atomic E-state index is -0.526. The molecule has 4 nitrogen and oxygen atoms in total. The molecule has 1 saturated heterocycles. The molecule has 0 aromatic heterocycles. The topological polar surface area (TPSA) is 38.8 Å². The third-order valence-electron chi connectivity index (χ3n) is 3.18. The average molecular weight is 289 g/mol. The summed E-state index contributed by atoms with van der Waals surface area (Å²) in [5.41, 5.74) is 0.525. The number of ether oxygens (including phenoxy) is 2. The molecule has 1 fully saturated rings. The number of benzene rings is 1.